The number of nitrogens with one attached hydrogen (secondary N) is 2. The van der Waals surface area contributed by atoms with E-state index in [0.717, 1.165) is 0 Å². The van der Waals surface area contributed by atoms with E-state index in [-0.39, 0.29) is 18.1 Å². The third-order valence-corrected chi connectivity index (χ3v) is 4.87. The number of methoxy groups -OCH3 is 2. The standard InChI is InChI=1S/C27H23N3O6/c1-34-24-6-4-3-5-23(24)30-25(31)17-36-22-13-7-18(8-14-22)15-20(16-28)26(32)29-21-11-9-19(10-12-21)27(33)35-2/h3-15H,17H2,1-2H3,(H,29,32)(H,30,31)/b20-15-. The fourth-order valence-corrected chi connectivity index (χ4v) is 3.06. The zero-order valence-corrected chi connectivity index (χ0v) is 19.6. The molecule has 9 nitrogen and oxygen atoms in total. The molecule has 2 N–H and O–H groups in total. The number of carbonyl (C=O) groups is 3. The number of hydrogen-bond acceptors (Lipinski definition) is 7. The molecule has 0 radical (unpaired) electrons. The fraction of sp³-hybridized carbons (Fsp3) is 0.111. The van der Waals surface area contributed by atoms with Crippen LogP contribution in [0.25, 0.3) is 6.08 Å². The molecule has 0 aliphatic carbocycles. The van der Waals surface area contributed by atoms with Gasteiger partial charge in [0.05, 0.1) is 25.5 Å². The average molecular weight is 485 g/mol. The number of ether oxygens (including phenoxy) is 3. The number of carbonyl (C=O) groups excluding carboxylic acids is 3. The first-order valence-corrected chi connectivity index (χ1v) is 10.7. The van der Waals surface area contributed by atoms with Gasteiger partial charge in [0.1, 0.15) is 23.1 Å². The highest BCUT2D eigenvalue weighted by atomic mass is 16.5. The summed E-state index contributed by atoms with van der Waals surface area (Å²) in [6.45, 7) is -0.214. The van der Waals surface area contributed by atoms with Gasteiger partial charge in [0, 0.05) is 5.69 Å². The van der Waals surface area contributed by atoms with E-state index in [4.69, 9.17) is 9.47 Å². The summed E-state index contributed by atoms with van der Waals surface area (Å²) in [4.78, 5) is 36.2. The van der Waals surface area contributed by atoms with Crippen LogP contribution >= 0.6 is 0 Å². The summed E-state index contributed by atoms with van der Waals surface area (Å²) in [7, 11) is 2.80. The normalized spacial score (nSPS) is 10.5. The van der Waals surface area contributed by atoms with Crippen molar-refractivity contribution in [2.45, 2.75) is 0 Å². The van der Waals surface area contributed by atoms with Crippen LogP contribution in [0.2, 0.25) is 0 Å². The minimum Gasteiger partial charge on any atom is -0.495 e. The van der Waals surface area contributed by atoms with Crippen LogP contribution in [-0.4, -0.2) is 38.6 Å². The molecule has 36 heavy (non-hydrogen) atoms. The summed E-state index contributed by atoms with van der Waals surface area (Å²) in [5, 5.41) is 14.8. The van der Waals surface area contributed by atoms with Crippen LogP contribution in [0.4, 0.5) is 11.4 Å². The Hall–Kier alpha value is -5.10. The molecule has 0 aromatic heterocycles. The Kier molecular flexibility index (Phi) is 8.78. The van der Waals surface area contributed by atoms with Crippen molar-refractivity contribution in [3.8, 4) is 17.6 Å². The molecule has 0 saturated carbocycles. The van der Waals surface area contributed by atoms with Crippen molar-refractivity contribution in [2.75, 3.05) is 31.5 Å². The first-order chi connectivity index (χ1) is 17.4. The van der Waals surface area contributed by atoms with Gasteiger partial charge in [-0.2, -0.15) is 5.26 Å². The first kappa shape index (κ1) is 25.5. The van der Waals surface area contributed by atoms with Gasteiger partial charge in [0.2, 0.25) is 0 Å². The van der Waals surface area contributed by atoms with Gasteiger partial charge in [-0.05, 0) is 60.2 Å². The molecule has 0 spiro atoms. The highest BCUT2D eigenvalue weighted by Crippen LogP contribution is 2.23. The van der Waals surface area contributed by atoms with Crippen LogP contribution in [0.5, 0.6) is 11.5 Å². The number of anilines is 2. The van der Waals surface area contributed by atoms with Crippen LogP contribution in [0.15, 0.2) is 78.4 Å². The lowest BCUT2D eigenvalue weighted by atomic mass is 10.1. The molecule has 9 heteroatoms. The summed E-state index contributed by atoms with van der Waals surface area (Å²) < 4.78 is 15.3. The summed E-state index contributed by atoms with van der Waals surface area (Å²) in [5.74, 6) is -0.466. The molecule has 0 heterocycles. The van der Waals surface area contributed by atoms with Gasteiger partial charge in [-0.3, -0.25) is 9.59 Å². The van der Waals surface area contributed by atoms with E-state index in [1.54, 1.807) is 48.5 Å². The highest BCUT2D eigenvalue weighted by molar-refractivity contribution is 6.09. The van der Waals surface area contributed by atoms with Gasteiger partial charge in [-0.25, -0.2) is 4.79 Å². The molecule has 0 atom stereocenters. The summed E-state index contributed by atoms with van der Waals surface area (Å²) in [6.07, 6.45) is 1.43. The predicted molar refractivity (Wildman–Crippen MR) is 134 cm³/mol. The zero-order chi connectivity index (χ0) is 25.9. The molecule has 0 unspecified atom stereocenters. The van der Waals surface area contributed by atoms with Crippen LogP contribution in [0.1, 0.15) is 15.9 Å². The average Bonchev–Trinajstić information content (AvgIpc) is 2.91. The second-order valence-electron chi connectivity index (χ2n) is 7.30. The van der Waals surface area contributed by atoms with E-state index in [1.807, 2.05) is 6.07 Å². The molecule has 182 valence electrons. The second kappa shape index (κ2) is 12.4. The second-order valence-corrected chi connectivity index (χ2v) is 7.30. The van der Waals surface area contributed by atoms with Gasteiger partial charge >= 0.3 is 5.97 Å². The predicted octanol–water partition coefficient (Wildman–Crippen LogP) is 4.04. The summed E-state index contributed by atoms with van der Waals surface area (Å²) in [6, 6.07) is 21.6. The zero-order valence-electron chi connectivity index (χ0n) is 19.6. The van der Waals surface area contributed by atoms with E-state index < -0.39 is 11.9 Å². The van der Waals surface area contributed by atoms with Gasteiger partial charge < -0.3 is 24.8 Å². The van der Waals surface area contributed by atoms with Crippen LogP contribution in [-0.2, 0) is 14.3 Å². The highest BCUT2D eigenvalue weighted by Gasteiger charge is 2.11. The van der Waals surface area contributed by atoms with Crippen molar-refractivity contribution in [1.82, 2.24) is 0 Å². The van der Waals surface area contributed by atoms with E-state index in [1.165, 1.54) is 44.6 Å². The lowest BCUT2D eigenvalue weighted by molar-refractivity contribution is -0.118. The minimum absolute atomic E-state index is 0.114. The van der Waals surface area contributed by atoms with Crippen molar-refractivity contribution in [3.63, 3.8) is 0 Å². The fourth-order valence-electron chi connectivity index (χ4n) is 3.06. The monoisotopic (exact) mass is 485 g/mol. The first-order valence-electron chi connectivity index (χ1n) is 10.7. The maximum Gasteiger partial charge on any atom is 0.337 e. The molecular formula is C27H23N3O6. The maximum absolute atomic E-state index is 12.5. The Morgan fingerprint density at radius 3 is 2.25 bits per heavy atom. The van der Waals surface area contributed by atoms with Crippen LogP contribution in [0.3, 0.4) is 0 Å². The van der Waals surface area contributed by atoms with E-state index in [0.29, 0.717) is 34.0 Å². The number of hydrogen-bond donors (Lipinski definition) is 2. The number of nitriles is 1. The molecular weight excluding hydrogens is 462 g/mol. The van der Waals surface area contributed by atoms with Gasteiger partial charge in [-0.1, -0.05) is 24.3 Å². The van der Waals surface area contributed by atoms with Crippen molar-refractivity contribution >= 4 is 35.2 Å². The molecule has 0 aliphatic rings. The lowest BCUT2D eigenvalue weighted by Gasteiger charge is -2.10. The number of benzene rings is 3. The third-order valence-electron chi connectivity index (χ3n) is 4.87. The van der Waals surface area contributed by atoms with Crippen LogP contribution in [0, 0.1) is 11.3 Å². The molecule has 3 aromatic carbocycles. The molecule has 0 saturated heterocycles. The maximum atomic E-state index is 12.5. The summed E-state index contributed by atoms with van der Waals surface area (Å²) in [5.41, 5.74) is 1.77. The quantitative estimate of drug-likeness (QED) is 0.266. The van der Waals surface area contributed by atoms with Gasteiger partial charge in [-0.15, -0.1) is 0 Å². The Morgan fingerprint density at radius 1 is 0.917 bits per heavy atom. The van der Waals surface area contributed by atoms with Crippen molar-refractivity contribution in [1.29, 1.82) is 5.26 Å². The third kappa shape index (κ3) is 6.95. The number of esters is 1. The molecule has 0 aliphatic heterocycles. The Balaban J connectivity index is 1.57. The van der Waals surface area contributed by atoms with E-state index >= 15 is 0 Å². The minimum atomic E-state index is -0.600. The number of amides is 2. The number of rotatable bonds is 9. The van der Waals surface area contributed by atoms with Gasteiger partial charge in [0.15, 0.2) is 6.61 Å². The molecule has 0 fully saturated rings. The molecule has 3 aromatic rings. The number of para-hydroxylation sites is 2. The van der Waals surface area contributed by atoms with Gasteiger partial charge in [0.25, 0.3) is 11.8 Å². The lowest BCUT2D eigenvalue weighted by Crippen LogP contribution is -2.20. The molecule has 0 bridgehead atoms. The van der Waals surface area contributed by atoms with E-state index in [2.05, 4.69) is 15.4 Å². The van der Waals surface area contributed by atoms with Crippen LogP contribution < -0.4 is 20.1 Å². The SMILES string of the molecule is COC(=O)c1ccc(NC(=O)/C(C#N)=C\c2ccc(OCC(=O)Nc3ccccc3OC)cc2)cc1. The Morgan fingerprint density at radius 2 is 1.61 bits per heavy atom. The van der Waals surface area contributed by atoms with Crippen molar-refractivity contribution in [2.24, 2.45) is 0 Å². The molecule has 3 rings (SSSR count). The van der Waals surface area contributed by atoms with Crippen molar-refractivity contribution < 1.29 is 28.6 Å². The smallest absolute Gasteiger partial charge is 0.337 e. The summed E-state index contributed by atoms with van der Waals surface area (Å²) >= 11 is 0. The number of nitrogens with zero attached hydrogens (tertiary/aromatic N) is 1. The largest absolute Gasteiger partial charge is 0.495 e. The Labute approximate surface area is 207 Å². The van der Waals surface area contributed by atoms with Crippen molar-refractivity contribution in [3.05, 3.63) is 89.5 Å². The topological polar surface area (TPSA) is 127 Å². The van der Waals surface area contributed by atoms with E-state index in [9.17, 15) is 19.6 Å². The molecule has 2 amide bonds. The Bertz CT molecular complexity index is 1310.